The van der Waals surface area contributed by atoms with Crippen LogP contribution in [0.15, 0.2) is 24.3 Å². The highest BCUT2D eigenvalue weighted by atomic mass is 16.5. The first kappa shape index (κ1) is 16.8. The number of carbonyl (C=O) groups is 1. The molecule has 122 valence electrons. The third kappa shape index (κ3) is 5.34. The van der Waals surface area contributed by atoms with E-state index in [0.717, 1.165) is 30.2 Å². The second-order valence-electron chi connectivity index (χ2n) is 6.40. The third-order valence-electron chi connectivity index (χ3n) is 4.36. The fourth-order valence-electron chi connectivity index (χ4n) is 2.84. The van der Waals surface area contributed by atoms with Crippen LogP contribution in [0.1, 0.15) is 31.7 Å². The Morgan fingerprint density at radius 1 is 1.41 bits per heavy atom. The molecule has 0 aromatic heterocycles. The zero-order valence-corrected chi connectivity index (χ0v) is 14.0. The number of rotatable bonds is 6. The molecule has 1 N–H and O–H groups in total. The standard InChI is InChI=1S/C18H28N2O2/c1-14-5-4-6-17(13-14)22-15(2)18(21)19-10-7-16-8-11-20(3)12-9-16/h4-6,13,15-16H,7-12H2,1-3H3,(H,19,21)/t15-/m0/s1. The van der Waals surface area contributed by atoms with Crippen LogP contribution >= 0.6 is 0 Å². The van der Waals surface area contributed by atoms with Crippen molar-refractivity contribution < 1.29 is 9.53 Å². The number of ether oxygens (including phenoxy) is 1. The topological polar surface area (TPSA) is 41.6 Å². The van der Waals surface area contributed by atoms with Gasteiger partial charge in [-0.3, -0.25) is 4.79 Å². The Balaban J connectivity index is 1.68. The summed E-state index contributed by atoms with van der Waals surface area (Å²) in [5, 5.41) is 3.00. The van der Waals surface area contributed by atoms with Gasteiger partial charge in [-0.15, -0.1) is 0 Å². The van der Waals surface area contributed by atoms with Gasteiger partial charge in [0, 0.05) is 6.54 Å². The summed E-state index contributed by atoms with van der Waals surface area (Å²) in [6.45, 7) is 6.90. The molecule has 0 bridgehead atoms. The molecular formula is C18H28N2O2. The molecule has 4 nitrogen and oxygen atoms in total. The molecule has 1 saturated heterocycles. The predicted octanol–water partition coefficient (Wildman–Crippen LogP) is 2.61. The molecule has 1 aromatic carbocycles. The van der Waals surface area contributed by atoms with Crippen molar-refractivity contribution in [2.75, 3.05) is 26.7 Å². The van der Waals surface area contributed by atoms with E-state index in [0.29, 0.717) is 0 Å². The van der Waals surface area contributed by atoms with Crippen molar-refractivity contribution in [3.63, 3.8) is 0 Å². The summed E-state index contributed by atoms with van der Waals surface area (Å²) in [6, 6.07) is 7.78. The number of carbonyl (C=O) groups excluding carboxylic acids is 1. The van der Waals surface area contributed by atoms with E-state index in [1.54, 1.807) is 6.92 Å². The maximum atomic E-state index is 12.1. The van der Waals surface area contributed by atoms with Crippen LogP contribution < -0.4 is 10.1 Å². The molecule has 1 aliphatic rings. The SMILES string of the molecule is Cc1cccc(O[C@@H](C)C(=O)NCCC2CCN(C)CC2)c1. The lowest BCUT2D eigenvalue weighted by molar-refractivity contribution is -0.127. The molecule has 1 aromatic rings. The monoisotopic (exact) mass is 304 g/mol. The lowest BCUT2D eigenvalue weighted by atomic mass is 9.94. The normalized spacial score (nSPS) is 18.0. The van der Waals surface area contributed by atoms with Crippen molar-refractivity contribution in [1.29, 1.82) is 0 Å². The van der Waals surface area contributed by atoms with E-state index in [9.17, 15) is 4.79 Å². The van der Waals surface area contributed by atoms with Gasteiger partial charge in [0.05, 0.1) is 0 Å². The second kappa shape index (κ2) is 8.18. The Kier molecular flexibility index (Phi) is 6.25. The van der Waals surface area contributed by atoms with Crippen molar-refractivity contribution in [2.24, 2.45) is 5.92 Å². The largest absolute Gasteiger partial charge is 0.481 e. The number of nitrogens with one attached hydrogen (secondary N) is 1. The molecule has 1 heterocycles. The average Bonchev–Trinajstić information content (AvgIpc) is 2.49. The summed E-state index contributed by atoms with van der Waals surface area (Å²) in [4.78, 5) is 14.4. The van der Waals surface area contributed by atoms with Crippen LogP contribution in [0.5, 0.6) is 5.75 Å². The zero-order chi connectivity index (χ0) is 15.9. The van der Waals surface area contributed by atoms with E-state index in [-0.39, 0.29) is 5.91 Å². The molecule has 0 spiro atoms. The van der Waals surface area contributed by atoms with E-state index in [1.165, 1.54) is 25.9 Å². The molecule has 0 saturated carbocycles. The molecular weight excluding hydrogens is 276 g/mol. The van der Waals surface area contributed by atoms with Crippen molar-refractivity contribution in [3.8, 4) is 5.75 Å². The number of benzene rings is 1. The van der Waals surface area contributed by atoms with Crippen LogP contribution in [-0.4, -0.2) is 43.6 Å². The first-order chi connectivity index (χ1) is 10.5. The molecule has 0 unspecified atom stereocenters. The van der Waals surface area contributed by atoms with Crippen LogP contribution in [0.4, 0.5) is 0 Å². The smallest absolute Gasteiger partial charge is 0.260 e. The zero-order valence-electron chi connectivity index (χ0n) is 14.0. The quantitative estimate of drug-likeness (QED) is 0.878. The summed E-state index contributed by atoms with van der Waals surface area (Å²) in [5.41, 5.74) is 1.13. The molecule has 1 atom stereocenters. The van der Waals surface area contributed by atoms with Crippen molar-refractivity contribution in [2.45, 2.75) is 39.2 Å². The first-order valence-electron chi connectivity index (χ1n) is 8.24. The Morgan fingerprint density at radius 3 is 2.82 bits per heavy atom. The van der Waals surface area contributed by atoms with Gasteiger partial charge in [0.25, 0.3) is 5.91 Å². The van der Waals surface area contributed by atoms with Gasteiger partial charge in [-0.1, -0.05) is 12.1 Å². The van der Waals surface area contributed by atoms with E-state index in [1.807, 2.05) is 31.2 Å². The fourth-order valence-corrected chi connectivity index (χ4v) is 2.84. The molecule has 2 rings (SSSR count). The predicted molar refractivity (Wildman–Crippen MR) is 89.1 cm³/mol. The summed E-state index contributed by atoms with van der Waals surface area (Å²) >= 11 is 0. The number of hydrogen-bond donors (Lipinski definition) is 1. The van der Waals surface area contributed by atoms with Gasteiger partial charge in [0.1, 0.15) is 5.75 Å². The van der Waals surface area contributed by atoms with Crippen molar-refractivity contribution >= 4 is 5.91 Å². The minimum atomic E-state index is -0.459. The summed E-state index contributed by atoms with van der Waals surface area (Å²) in [7, 11) is 2.17. The summed E-state index contributed by atoms with van der Waals surface area (Å²) in [5.74, 6) is 1.46. The van der Waals surface area contributed by atoms with Gasteiger partial charge in [0.2, 0.25) is 0 Å². The van der Waals surface area contributed by atoms with Gasteiger partial charge in [-0.2, -0.15) is 0 Å². The Bertz CT molecular complexity index is 482. The molecule has 0 aliphatic carbocycles. The van der Waals surface area contributed by atoms with Crippen LogP contribution in [0.3, 0.4) is 0 Å². The van der Waals surface area contributed by atoms with E-state index in [4.69, 9.17) is 4.74 Å². The van der Waals surface area contributed by atoms with Crippen LogP contribution in [-0.2, 0) is 4.79 Å². The number of aryl methyl sites for hydroxylation is 1. The molecule has 1 aliphatic heterocycles. The van der Waals surface area contributed by atoms with Gasteiger partial charge in [-0.25, -0.2) is 0 Å². The molecule has 22 heavy (non-hydrogen) atoms. The number of hydrogen-bond acceptors (Lipinski definition) is 3. The summed E-state index contributed by atoms with van der Waals surface area (Å²) in [6.07, 6.45) is 3.08. The Hall–Kier alpha value is -1.55. The highest BCUT2D eigenvalue weighted by Gasteiger charge is 2.18. The minimum Gasteiger partial charge on any atom is -0.481 e. The van der Waals surface area contributed by atoms with Gasteiger partial charge in [-0.05, 0) is 76.9 Å². The van der Waals surface area contributed by atoms with Gasteiger partial charge in [0.15, 0.2) is 6.10 Å². The van der Waals surface area contributed by atoms with E-state index in [2.05, 4.69) is 17.3 Å². The van der Waals surface area contributed by atoms with Gasteiger partial charge < -0.3 is 15.0 Å². The van der Waals surface area contributed by atoms with E-state index < -0.39 is 6.10 Å². The highest BCUT2D eigenvalue weighted by molar-refractivity contribution is 5.80. The number of amides is 1. The maximum Gasteiger partial charge on any atom is 0.260 e. The fraction of sp³-hybridized carbons (Fsp3) is 0.611. The minimum absolute atomic E-state index is 0.0329. The lowest BCUT2D eigenvalue weighted by Gasteiger charge is -2.29. The lowest BCUT2D eigenvalue weighted by Crippen LogP contribution is -2.38. The summed E-state index contributed by atoms with van der Waals surface area (Å²) < 4.78 is 5.69. The molecule has 4 heteroatoms. The van der Waals surface area contributed by atoms with Crippen LogP contribution in [0.25, 0.3) is 0 Å². The molecule has 0 radical (unpaired) electrons. The Labute approximate surface area is 133 Å². The maximum absolute atomic E-state index is 12.1. The number of piperidine rings is 1. The van der Waals surface area contributed by atoms with Crippen molar-refractivity contribution in [1.82, 2.24) is 10.2 Å². The number of likely N-dealkylation sites (tertiary alicyclic amines) is 1. The first-order valence-corrected chi connectivity index (χ1v) is 8.24. The molecule has 1 amide bonds. The van der Waals surface area contributed by atoms with E-state index >= 15 is 0 Å². The molecule has 1 fully saturated rings. The average molecular weight is 304 g/mol. The Morgan fingerprint density at radius 2 is 2.14 bits per heavy atom. The number of nitrogens with zero attached hydrogens (tertiary/aromatic N) is 1. The third-order valence-corrected chi connectivity index (χ3v) is 4.36. The van der Waals surface area contributed by atoms with Crippen LogP contribution in [0.2, 0.25) is 0 Å². The highest BCUT2D eigenvalue weighted by Crippen LogP contribution is 2.19. The van der Waals surface area contributed by atoms with Crippen LogP contribution in [0, 0.1) is 12.8 Å². The van der Waals surface area contributed by atoms with Crippen molar-refractivity contribution in [3.05, 3.63) is 29.8 Å². The second-order valence-corrected chi connectivity index (χ2v) is 6.40. The van der Waals surface area contributed by atoms with Gasteiger partial charge >= 0.3 is 0 Å².